The van der Waals surface area contributed by atoms with Crippen molar-refractivity contribution in [3.8, 4) is 0 Å². The Kier molecular flexibility index (Phi) is 5.16. The number of fused-ring (bicyclic) bond motifs is 1. The van der Waals surface area contributed by atoms with Gasteiger partial charge in [0.25, 0.3) is 11.8 Å². The molecule has 6 nitrogen and oxygen atoms in total. The first-order valence-corrected chi connectivity index (χ1v) is 9.58. The van der Waals surface area contributed by atoms with Crippen molar-refractivity contribution in [1.82, 2.24) is 19.8 Å². The molecule has 3 rings (SSSR count). The molecule has 1 fully saturated rings. The molecule has 0 bridgehead atoms. The molecule has 0 atom stereocenters. The van der Waals surface area contributed by atoms with Crippen LogP contribution in [0.5, 0.6) is 0 Å². The lowest BCUT2D eigenvalue weighted by Crippen LogP contribution is -2.42. The van der Waals surface area contributed by atoms with E-state index in [1.54, 1.807) is 0 Å². The highest BCUT2D eigenvalue weighted by molar-refractivity contribution is 5.97. The largest absolute Gasteiger partial charge is 0.345 e. The van der Waals surface area contributed by atoms with Crippen molar-refractivity contribution in [3.63, 3.8) is 0 Å². The van der Waals surface area contributed by atoms with Crippen LogP contribution in [0.4, 0.5) is 0 Å². The van der Waals surface area contributed by atoms with Crippen LogP contribution in [-0.4, -0.2) is 44.9 Å². The van der Waals surface area contributed by atoms with Crippen LogP contribution >= 0.6 is 0 Å². The molecule has 3 heterocycles. The quantitative estimate of drug-likeness (QED) is 0.895. The summed E-state index contributed by atoms with van der Waals surface area (Å²) in [4.78, 5) is 32.2. The molecule has 1 aromatic rings. The summed E-state index contributed by atoms with van der Waals surface area (Å²) in [5, 5.41) is 2.98. The van der Waals surface area contributed by atoms with Gasteiger partial charge in [-0.1, -0.05) is 12.8 Å². The Balaban J connectivity index is 1.91. The average Bonchev–Trinajstić information content (AvgIpc) is 2.73. The van der Waals surface area contributed by atoms with E-state index in [1.807, 2.05) is 30.2 Å². The van der Waals surface area contributed by atoms with Crippen LogP contribution in [0.1, 0.15) is 86.1 Å². The van der Waals surface area contributed by atoms with Gasteiger partial charge in [0, 0.05) is 25.2 Å². The third-order valence-corrected chi connectivity index (χ3v) is 4.91. The SMILES string of the molecule is CC(C)(C)NC(=O)c1nc(C(=O)N2CCCCCC2)c2n1CCCC2. The first-order valence-electron chi connectivity index (χ1n) is 9.58. The molecular formula is C19H30N4O2. The second kappa shape index (κ2) is 7.18. The summed E-state index contributed by atoms with van der Waals surface area (Å²) in [7, 11) is 0. The minimum atomic E-state index is -0.326. The van der Waals surface area contributed by atoms with Gasteiger partial charge in [0.1, 0.15) is 5.69 Å². The van der Waals surface area contributed by atoms with Crippen molar-refractivity contribution in [2.24, 2.45) is 0 Å². The lowest BCUT2D eigenvalue weighted by molar-refractivity contribution is 0.0754. The maximum Gasteiger partial charge on any atom is 0.287 e. The van der Waals surface area contributed by atoms with E-state index in [1.165, 1.54) is 12.8 Å². The molecule has 0 aliphatic carbocycles. The van der Waals surface area contributed by atoms with Crippen LogP contribution in [0, 0.1) is 0 Å². The highest BCUT2D eigenvalue weighted by atomic mass is 16.2. The molecule has 0 saturated carbocycles. The highest BCUT2D eigenvalue weighted by Crippen LogP contribution is 2.23. The van der Waals surface area contributed by atoms with Gasteiger partial charge in [-0.05, 0) is 52.9 Å². The molecule has 138 valence electrons. The summed E-state index contributed by atoms with van der Waals surface area (Å²) in [5.41, 5.74) is 1.12. The van der Waals surface area contributed by atoms with Crippen molar-refractivity contribution in [2.75, 3.05) is 13.1 Å². The Labute approximate surface area is 150 Å². The third kappa shape index (κ3) is 4.05. The molecule has 6 heteroatoms. The first-order chi connectivity index (χ1) is 11.9. The van der Waals surface area contributed by atoms with E-state index in [-0.39, 0.29) is 17.4 Å². The predicted octanol–water partition coefficient (Wildman–Crippen LogP) is 2.76. The fourth-order valence-electron chi connectivity index (χ4n) is 3.71. The van der Waals surface area contributed by atoms with Gasteiger partial charge in [-0.15, -0.1) is 0 Å². The second-order valence-corrected chi connectivity index (χ2v) is 8.25. The molecule has 2 amide bonds. The van der Waals surface area contributed by atoms with E-state index in [0.717, 1.165) is 57.4 Å². The Hall–Kier alpha value is -1.85. The molecule has 0 aromatic carbocycles. The molecule has 1 saturated heterocycles. The van der Waals surface area contributed by atoms with E-state index < -0.39 is 0 Å². The fraction of sp³-hybridized carbons (Fsp3) is 0.737. The number of nitrogens with zero attached hydrogens (tertiary/aromatic N) is 3. The van der Waals surface area contributed by atoms with Crippen LogP contribution in [0.2, 0.25) is 0 Å². The van der Waals surface area contributed by atoms with E-state index in [4.69, 9.17) is 0 Å². The third-order valence-electron chi connectivity index (χ3n) is 4.91. The first kappa shape index (κ1) is 18.0. The standard InChI is InChI=1S/C19H30N4O2/c1-19(2,3)21-17(24)16-20-15(14-10-6-9-13-23(14)16)18(25)22-11-7-4-5-8-12-22/h4-13H2,1-3H3,(H,21,24). The van der Waals surface area contributed by atoms with Gasteiger partial charge in [0.2, 0.25) is 0 Å². The fourth-order valence-corrected chi connectivity index (χ4v) is 3.71. The average molecular weight is 346 g/mol. The number of rotatable bonds is 2. The molecule has 2 aliphatic heterocycles. The van der Waals surface area contributed by atoms with Crippen LogP contribution in [0.15, 0.2) is 0 Å². The smallest absolute Gasteiger partial charge is 0.287 e. The van der Waals surface area contributed by atoms with Gasteiger partial charge < -0.3 is 14.8 Å². The number of aromatic nitrogens is 2. The van der Waals surface area contributed by atoms with Crippen LogP contribution in [0.3, 0.4) is 0 Å². The van der Waals surface area contributed by atoms with Crippen molar-refractivity contribution in [1.29, 1.82) is 0 Å². The Morgan fingerprint density at radius 2 is 1.60 bits per heavy atom. The van der Waals surface area contributed by atoms with Gasteiger partial charge in [-0.3, -0.25) is 9.59 Å². The minimum absolute atomic E-state index is 0.00218. The number of hydrogen-bond acceptors (Lipinski definition) is 3. The van der Waals surface area contributed by atoms with Gasteiger partial charge >= 0.3 is 0 Å². The minimum Gasteiger partial charge on any atom is -0.345 e. The van der Waals surface area contributed by atoms with Crippen molar-refractivity contribution in [2.45, 2.75) is 77.8 Å². The van der Waals surface area contributed by atoms with E-state index in [9.17, 15) is 9.59 Å². The van der Waals surface area contributed by atoms with Crippen molar-refractivity contribution in [3.05, 3.63) is 17.2 Å². The summed E-state index contributed by atoms with van der Waals surface area (Å²) in [6.45, 7) is 8.22. The number of nitrogens with one attached hydrogen (secondary N) is 1. The summed E-state index contributed by atoms with van der Waals surface area (Å²) >= 11 is 0. The van der Waals surface area contributed by atoms with Gasteiger partial charge in [-0.25, -0.2) is 4.98 Å². The van der Waals surface area contributed by atoms with E-state index in [0.29, 0.717) is 11.5 Å². The molecule has 0 radical (unpaired) electrons. The van der Waals surface area contributed by atoms with Crippen molar-refractivity contribution >= 4 is 11.8 Å². The zero-order chi connectivity index (χ0) is 18.0. The van der Waals surface area contributed by atoms with Crippen LogP contribution < -0.4 is 5.32 Å². The zero-order valence-corrected chi connectivity index (χ0v) is 15.7. The zero-order valence-electron chi connectivity index (χ0n) is 15.7. The lowest BCUT2D eigenvalue weighted by Gasteiger charge is -2.22. The summed E-state index contributed by atoms with van der Waals surface area (Å²) < 4.78 is 1.97. The molecule has 1 aromatic heterocycles. The molecule has 1 N–H and O–H groups in total. The number of imidazole rings is 1. The summed E-state index contributed by atoms with van der Waals surface area (Å²) in [6, 6.07) is 0. The second-order valence-electron chi connectivity index (χ2n) is 8.25. The predicted molar refractivity (Wildman–Crippen MR) is 96.8 cm³/mol. The van der Waals surface area contributed by atoms with E-state index >= 15 is 0 Å². The number of likely N-dealkylation sites (tertiary alicyclic amines) is 1. The van der Waals surface area contributed by atoms with Crippen LogP contribution in [0.25, 0.3) is 0 Å². The van der Waals surface area contributed by atoms with Gasteiger partial charge in [0.15, 0.2) is 5.82 Å². The summed E-state index contributed by atoms with van der Waals surface area (Å²) in [6.07, 6.45) is 7.38. The Morgan fingerprint density at radius 1 is 0.960 bits per heavy atom. The monoisotopic (exact) mass is 346 g/mol. The highest BCUT2D eigenvalue weighted by Gasteiger charge is 2.31. The van der Waals surface area contributed by atoms with Crippen LogP contribution in [-0.2, 0) is 13.0 Å². The molecule has 2 aliphatic rings. The number of carbonyl (C=O) groups is 2. The van der Waals surface area contributed by atoms with Gasteiger partial charge in [0.05, 0.1) is 5.69 Å². The normalized spacial score (nSPS) is 18.4. The summed E-state index contributed by atoms with van der Waals surface area (Å²) in [5.74, 6) is 0.204. The van der Waals surface area contributed by atoms with Crippen molar-refractivity contribution < 1.29 is 9.59 Å². The van der Waals surface area contributed by atoms with E-state index in [2.05, 4.69) is 10.3 Å². The number of hydrogen-bond donors (Lipinski definition) is 1. The maximum atomic E-state index is 13.1. The molecule has 0 unspecified atom stereocenters. The van der Waals surface area contributed by atoms with Gasteiger partial charge in [-0.2, -0.15) is 0 Å². The molecular weight excluding hydrogens is 316 g/mol. The Morgan fingerprint density at radius 3 is 2.24 bits per heavy atom. The topological polar surface area (TPSA) is 67.2 Å². The Bertz CT molecular complexity index is 649. The maximum absolute atomic E-state index is 13.1. The number of amides is 2. The lowest BCUT2D eigenvalue weighted by atomic mass is 10.1. The molecule has 25 heavy (non-hydrogen) atoms. The molecule has 0 spiro atoms. The number of carbonyl (C=O) groups excluding carboxylic acids is 2.